The summed E-state index contributed by atoms with van der Waals surface area (Å²) in [4.78, 5) is 77.9. The molecule has 0 unspecified atom stereocenters. The third-order valence-electron chi connectivity index (χ3n) is 8.17. The van der Waals surface area contributed by atoms with Crippen LogP contribution in [0.2, 0.25) is 0 Å². The normalized spacial score (nSPS) is 25.5. The van der Waals surface area contributed by atoms with Gasteiger partial charge in [0.2, 0.25) is 0 Å². The van der Waals surface area contributed by atoms with Gasteiger partial charge < -0.3 is 4.74 Å². The number of nitro groups is 1. The van der Waals surface area contributed by atoms with Crippen molar-refractivity contribution in [2.45, 2.75) is 16.1 Å². The Kier molecular flexibility index (Phi) is 7.77. The number of nitrogens with zero attached hydrogens (tertiary/aromatic N) is 3. The molecule has 220 valence electrons. The van der Waals surface area contributed by atoms with Crippen molar-refractivity contribution in [3.63, 3.8) is 0 Å². The lowest BCUT2D eigenvalue weighted by molar-refractivity contribution is -0.384. The number of rotatable bonds is 8. The van der Waals surface area contributed by atoms with E-state index < -0.39 is 52.8 Å². The Labute approximate surface area is 265 Å². The molecular formula is C29H21Br2N3O8S. The number of alkyl halides is 2. The van der Waals surface area contributed by atoms with E-state index in [1.165, 1.54) is 47.7 Å². The van der Waals surface area contributed by atoms with Gasteiger partial charge in [-0.1, -0.05) is 37.9 Å². The fraction of sp³-hybridized carbons (Fsp3) is 0.276. The van der Waals surface area contributed by atoms with E-state index in [1.807, 2.05) is 0 Å². The van der Waals surface area contributed by atoms with E-state index in [0.29, 0.717) is 11.3 Å². The number of ether oxygens (including phenoxy) is 1. The molecule has 3 aromatic rings. The lowest BCUT2D eigenvalue weighted by Crippen LogP contribution is -2.52. The van der Waals surface area contributed by atoms with E-state index in [-0.39, 0.29) is 44.1 Å². The Balaban J connectivity index is 1.27. The summed E-state index contributed by atoms with van der Waals surface area (Å²) < 4.78 is 5.33. The predicted octanol–water partition coefficient (Wildman–Crippen LogP) is 4.89. The molecule has 6 atom stereocenters. The minimum absolute atomic E-state index is 0.0247. The van der Waals surface area contributed by atoms with Crippen molar-refractivity contribution in [3.05, 3.63) is 92.2 Å². The average Bonchev–Trinajstić information content (AvgIpc) is 3.78. The smallest absolute Gasteiger partial charge is 0.353 e. The fourth-order valence-corrected chi connectivity index (χ4v) is 8.64. The van der Waals surface area contributed by atoms with Crippen LogP contribution in [0, 0.1) is 33.8 Å². The van der Waals surface area contributed by atoms with Crippen LogP contribution in [0.4, 0.5) is 5.69 Å². The number of benzene rings is 2. The first-order valence-electron chi connectivity index (χ1n) is 13.2. The number of amides is 3. The van der Waals surface area contributed by atoms with Gasteiger partial charge in [-0.3, -0.25) is 29.3 Å². The van der Waals surface area contributed by atoms with Gasteiger partial charge in [0, 0.05) is 32.9 Å². The third kappa shape index (κ3) is 5.10. The van der Waals surface area contributed by atoms with Crippen molar-refractivity contribution >= 4 is 78.4 Å². The Hall–Kier alpha value is -3.75. The van der Waals surface area contributed by atoms with Crippen molar-refractivity contribution in [3.8, 4) is 5.75 Å². The summed E-state index contributed by atoms with van der Waals surface area (Å²) >= 11 is 8.50. The van der Waals surface area contributed by atoms with Crippen LogP contribution in [0.25, 0.3) is 0 Å². The lowest BCUT2D eigenvalue weighted by atomic mass is 9.81. The number of ketones is 1. The van der Waals surface area contributed by atoms with Gasteiger partial charge in [0.05, 0.1) is 16.8 Å². The molecule has 3 fully saturated rings. The first-order chi connectivity index (χ1) is 20.6. The predicted molar refractivity (Wildman–Crippen MR) is 160 cm³/mol. The molecule has 2 aromatic carbocycles. The number of hydrazine groups is 1. The molecule has 0 spiro atoms. The van der Waals surface area contributed by atoms with Crippen molar-refractivity contribution < 1.29 is 33.6 Å². The first-order valence-corrected chi connectivity index (χ1v) is 15.9. The van der Waals surface area contributed by atoms with Gasteiger partial charge in [0.15, 0.2) is 5.78 Å². The summed E-state index contributed by atoms with van der Waals surface area (Å²) in [5.74, 6) is -4.34. The molecular weight excluding hydrogens is 710 g/mol. The van der Waals surface area contributed by atoms with E-state index in [1.54, 1.807) is 17.5 Å². The third-order valence-corrected chi connectivity index (χ3v) is 12.2. The molecule has 0 radical (unpaired) electrons. The van der Waals surface area contributed by atoms with Gasteiger partial charge in [0.25, 0.3) is 23.4 Å². The summed E-state index contributed by atoms with van der Waals surface area (Å²) in [7, 11) is 0. The Morgan fingerprint density at radius 1 is 0.930 bits per heavy atom. The number of fused-ring (bicyclic) bond motifs is 5. The monoisotopic (exact) mass is 729 g/mol. The minimum atomic E-state index is -0.829. The SMILES string of the molecule is O=C(CN(C(=O)c1ccc([N+](=O)[O-])cc1)N1C(=O)[C@@H]2[C@H]3C[C@@H]([C@@H](Br)[C@H]3Br)[C@H]2C1=O)c1ccc(OC(=O)c2cccs2)cc1. The van der Waals surface area contributed by atoms with E-state index in [0.717, 1.165) is 22.2 Å². The maximum atomic E-state index is 13.8. The van der Waals surface area contributed by atoms with Gasteiger partial charge in [0.1, 0.15) is 17.2 Å². The zero-order valence-electron chi connectivity index (χ0n) is 22.0. The minimum Gasteiger partial charge on any atom is -0.422 e. The molecule has 1 saturated heterocycles. The molecule has 11 nitrogen and oxygen atoms in total. The van der Waals surface area contributed by atoms with Crippen molar-refractivity contribution in [1.29, 1.82) is 0 Å². The second-order valence-corrected chi connectivity index (χ2v) is 13.5. The Morgan fingerprint density at radius 3 is 2.05 bits per heavy atom. The summed E-state index contributed by atoms with van der Waals surface area (Å²) in [5, 5.41) is 14.5. The van der Waals surface area contributed by atoms with Crippen LogP contribution < -0.4 is 4.74 Å². The van der Waals surface area contributed by atoms with Crippen LogP contribution in [0.15, 0.2) is 66.0 Å². The van der Waals surface area contributed by atoms with Gasteiger partial charge in [-0.05, 0) is 66.1 Å². The molecule has 6 rings (SSSR count). The molecule has 0 N–H and O–H groups in total. The Morgan fingerprint density at radius 2 is 1.51 bits per heavy atom. The van der Waals surface area contributed by atoms with E-state index in [4.69, 9.17) is 4.74 Å². The number of nitro benzene ring substituents is 1. The number of carbonyl (C=O) groups excluding carboxylic acids is 5. The largest absolute Gasteiger partial charge is 0.422 e. The van der Waals surface area contributed by atoms with Gasteiger partial charge in [-0.2, -0.15) is 5.01 Å². The Bertz CT molecular complexity index is 1610. The number of imide groups is 1. The van der Waals surface area contributed by atoms with E-state index in [2.05, 4.69) is 31.9 Å². The highest BCUT2D eigenvalue weighted by Crippen LogP contribution is 2.60. The summed E-state index contributed by atoms with van der Waals surface area (Å²) in [5.41, 5.74) is -0.130. The lowest BCUT2D eigenvalue weighted by Gasteiger charge is -2.30. The number of thiophene rings is 1. The molecule has 1 aromatic heterocycles. The van der Waals surface area contributed by atoms with Crippen LogP contribution in [-0.4, -0.2) is 60.6 Å². The maximum Gasteiger partial charge on any atom is 0.353 e. The molecule has 2 saturated carbocycles. The highest BCUT2D eigenvalue weighted by molar-refractivity contribution is 9.12. The highest BCUT2D eigenvalue weighted by Gasteiger charge is 2.67. The van der Waals surface area contributed by atoms with Crippen molar-refractivity contribution in [1.82, 2.24) is 10.0 Å². The number of carbonyl (C=O) groups is 5. The summed E-state index contributed by atoms with van der Waals surface area (Å²) in [6, 6.07) is 13.7. The number of halogens is 2. The van der Waals surface area contributed by atoms with Crippen molar-refractivity contribution in [2.24, 2.45) is 23.7 Å². The van der Waals surface area contributed by atoms with Crippen molar-refractivity contribution in [2.75, 3.05) is 6.54 Å². The number of Topliss-reactive ketones (excluding diaryl/α,β-unsaturated/α-hetero) is 1. The molecule has 1 aliphatic heterocycles. The quantitative estimate of drug-likeness (QED) is 0.0606. The fourth-order valence-electron chi connectivity index (χ4n) is 6.17. The molecule has 2 aliphatic carbocycles. The molecule has 2 heterocycles. The number of non-ortho nitro benzene ring substituents is 1. The molecule has 3 amide bonds. The van der Waals surface area contributed by atoms with Crippen LogP contribution in [0.3, 0.4) is 0 Å². The van der Waals surface area contributed by atoms with Gasteiger partial charge in [-0.15, -0.1) is 11.3 Å². The van der Waals surface area contributed by atoms with Crippen LogP contribution in [-0.2, 0) is 9.59 Å². The highest BCUT2D eigenvalue weighted by atomic mass is 79.9. The molecule has 3 aliphatic rings. The number of hydrogen-bond acceptors (Lipinski definition) is 9. The van der Waals surface area contributed by atoms with Crippen LogP contribution >= 0.6 is 43.2 Å². The first kappa shape index (κ1) is 29.3. The zero-order valence-corrected chi connectivity index (χ0v) is 26.0. The van der Waals surface area contributed by atoms with Crippen LogP contribution in [0.1, 0.15) is 36.8 Å². The van der Waals surface area contributed by atoms with E-state index in [9.17, 15) is 34.1 Å². The summed E-state index contributed by atoms with van der Waals surface area (Å²) in [6.07, 6.45) is 0.686. The van der Waals surface area contributed by atoms with Crippen LogP contribution in [0.5, 0.6) is 5.75 Å². The van der Waals surface area contributed by atoms with E-state index >= 15 is 0 Å². The van der Waals surface area contributed by atoms with Gasteiger partial charge in [-0.25, -0.2) is 9.80 Å². The molecule has 14 heteroatoms. The second kappa shape index (κ2) is 11.4. The maximum absolute atomic E-state index is 13.8. The molecule has 43 heavy (non-hydrogen) atoms. The molecule has 2 bridgehead atoms. The summed E-state index contributed by atoms with van der Waals surface area (Å²) in [6.45, 7) is -0.647. The zero-order chi connectivity index (χ0) is 30.6. The average molecular weight is 731 g/mol. The van der Waals surface area contributed by atoms with Gasteiger partial charge >= 0.3 is 5.97 Å². The standard InChI is InChI=1S/C29H21Br2N3O8S/c30-24-18-12-19(25(24)31)23-22(18)27(37)33(28(23)38)32(26(36)15-3-7-16(8-4-15)34(40)41)13-20(35)14-5-9-17(10-6-14)42-29(39)21-2-1-11-43-21/h1-11,18-19,22-25H,12-13H2/t18-,19-,22-,23-,24-,25+/m1/s1. The number of esters is 1. The topological polar surface area (TPSA) is 144 Å². The number of hydrogen-bond donors (Lipinski definition) is 0. The second-order valence-electron chi connectivity index (χ2n) is 10.5.